The standard InChI is InChI=1S/C15H19NO3/c1-10-4-5-11(2)12(8-10)13(17)16-7-6-15(3,9-16)14(18)19/h4-5,8H,6-7,9H2,1-3H3,(H,18,19)/t15-/m0/s1. The van der Waals surface area contributed by atoms with Gasteiger partial charge >= 0.3 is 5.97 Å². The zero-order valence-electron chi connectivity index (χ0n) is 11.6. The molecule has 0 aromatic heterocycles. The van der Waals surface area contributed by atoms with Crippen LogP contribution >= 0.6 is 0 Å². The van der Waals surface area contributed by atoms with Gasteiger partial charge in [-0.1, -0.05) is 17.7 Å². The molecule has 4 heteroatoms. The minimum absolute atomic E-state index is 0.0637. The fraction of sp³-hybridized carbons (Fsp3) is 0.467. The molecular formula is C15H19NO3. The molecule has 19 heavy (non-hydrogen) atoms. The second-order valence-corrected chi connectivity index (χ2v) is 5.66. The lowest BCUT2D eigenvalue weighted by Crippen LogP contribution is -2.35. The van der Waals surface area contributed by atoms with Crippen LogP contribution in [-0.2, 0) is 4.79 Å². The Bertz CT molecular complexity index is 538. The monoisotopic (exact) mass is 261 g/mol. The van der Waals surface area contributed by atoms with Gasteiger partial charge in [0, 0.05) is 18.7 Å². The predicted molar refractivity (Wildman–Crippen MR) is 72.2 cm³/mol. The fourth-order valence-corrected chi connectivity index (χ4v) is 2.45. The molecule has 1 aromatic carbocycles. The quantitative estimate of drug-likeness (QED) is 0.888. The highest BCUT2D eigenvalue weighted by molar-refractivity contribution is 5.96. The normalized spacial score (nSPS) is 22.6. The molecule has 1 N–H and O–H groups in total. The van der Waals surface area contributed by atoms with E-state index < -0.39 is 11.4 Å². The SMILES string of the molecule is Cc1ccc(C)c(C(=O)N2CC[C@](C)(C(=O)O)C2)c1. The van der Waals surface area contributed by atoms with Crippen molar-refractivity contribution in [2.75, 3.05) is 13.1 Å². The second-order valence-electron chi connectivity index (χ2n) is 5.66. The van der Waals surface area contributed by atoms with Crippen molar-refractivity contribution in [2.24, 2.45) is 5.41 Å². The van der Waals surface area contributed by atoms with Crippen LogP contribution < -0.4 is 0 Å². The lowest BCUT2D eigenvalue weighted by molar-refractivity contribution is -0.147. The molecule has 1 aromatic rings. The van der Waals surface area contributed by atoms with Gasteiger partial charge in [-0.3, -0.25) is 9.59 Å². The van der Waals surface area contributed by atoms with Crippen LogP contribution in [0.3, 0.4) is 0 Å². The van der Waals surface area contributed by atoms with Gasteiger partial charge in [0.1, 0.15) is 0 Å². The maximum atomic E-state index is 12.5. The van der Waals surface area contributed by atoms with Crippen molar-refractivity contribution in [3.63, 3.8) is 0 Å². The van der Waals surface area contributed by atoms with Crippen LogP contribution in [0, 0.1) is 19.3 Å². The van der Waals surface area contributed by atoms with Gasteiger partial charge in [0.25, 0.3) is 5.91 Å². The summed E-state index contributed by atoms with van der Waals surface area (Å²) in [5.74, 6) is -0.894. The number of benzene rings is 1. The number of carbonyl (C=O) groups is 2. The number of likely N-dealkylation sites (tertiary alicyclic amines) is 1. The second kappa shape index (κ2) is 4.68. The van der Waals surface area contributed by atoms with E-state index >= 15 is 0 Å². The molecule has 102 valence electrons. The Morgan fingerprint density at radius 3 is 2.58 bits per heavy atom. The summed E-state index contributed by atoms with van der Waals surface area (Å²) in [5, 5.41) is 9.20. The largest absolute Gasteiger partial charge is 0.481 e. The topological polar surface area (TPSA) is 57.6 Å². The molecule has 1 aliphatic rings. The summed E-state index contributed by atoms with van der Waals surface area (Å²) in [5.41, 5.74) is 1.83. The number of hydrogen-bond acceptors (Lipinski definition) is 2. The van der Waals surface area contributed by atoms with Crippen LogP contribution in [0.2, 0.25) is 0 Å². The van der Waals surface area contributed by atoms with E-state index in [1.54, 1.807) is 11.8 Å². The number of rotatable bonds is 2. The highest BCUT2D eigenvalue weighted by atomic mass is 16.4. The van der Waals surface area contributed by atoms with Crippen molar-refractivity contribution in [1.82, 2.24) is 4.90 Å². The van der Waals surface area contributed by atoms with E-state index in [-0.39, 0.29) is 12.5 Å². The molecule has 2 rings (SSSR count). The molecule has 1 heterocycles. The van der Waals surface area contributed by atoms with E-state index in [4.69, 9.17) is 0 Å². The number of aliphatic carboxylic acids is 1. The van der Waals surface area contributed by atoms with E-state index in [0.29, 0.717) is 18.5 Å². The van der Waals surface area contributed by atoms with Crippen molar-refractivity contribution in [3.05, 3.63) is 34.9 Å². The predicted octanol–water partition coefficient (Wildman–Crippen LogP) is 2.24. The molecule has 1 fully saturated rings. The van der Waals surface area contributed by atoms with Gasteiger partial charge < -0.3 is 10.0 Å². The summed E-state index contributed by atoms with van der Waals surface area (Å²) >= 11 is 0. The smallest absolute Gasteiger partial charge is 0.311 e. The van der Waals surface area contributed by atoms with Crippen LogP contribution in [0.15, 0.2) is 18.2 Å². The molecule has 0 bridgehead atoms. The molecule has 0 unspecified atom stereocenters. The summed E-state index contributed by atoms with van der Waals surface area (Å²) in [7, 11) is 0. The van der Waals surface area contributed by atoms with Gasteiger partial charge in [0.15, 0.2) is 0 Å². The Kier molecular flexibility index (Phi) is 3.35. The maximum absolute atomic E-state index is 12.5. The van der Waals surface area contributed by atoms with E-state index in [9.17, 15) is 14.7 Å². The molecule has 0 radical (unpaired) electrons. The molecule has 0 spiro atoms. The minimum Gasteiger partial charge on any atom is -0.481 e. The van der Waals surface area contributed by atoms with Crippen molar-refractivity contribution in [2.45, 2.75) is 27.2 Å². The summed E-state index contributed by atoms with van der Waals surface area (Å²) in [6.07, 6.45) is 0.513. The Morgan fingerprint density at radius 1 is 1.32 bits per heavy atom. The average molecular weight is 261 g/mol. The number of aryl methyl sites for hydroxylation is 2. The van der Waals surface area contributed by atoms with Crippen LogP contribution in [0.5, 0.6) is 0 Å². The molecule has 0 aliphatic carbocycles. The Morgan fingerprint density at radius 2 is 2.00 bits per heavy atom. The minimum atomic E-state index is -0.830. The van der Waals surface area contributed by atoms with E-state index in [1.807, 2.05) is 32.0 Å². The van der Waals surface area contributed by atoms with Crippen molar-refractivity contribution < 1.29 is 14.7 Å². The van der Waals surface area contributed by atoms with Gasteiger partial charge in [0.2, 0.25) is 0 Å². The van der Waals surface area contributed by atoms with Crippen LogP contribution in [-0.4, -0.2) is 35.0 Å². The lowest BCUT2D eigenvalue weighted by atomic mass is 9.90. The maximum Gasteiger partial charge on any atom is 0.311 e. The van der Waals surface area contributed by atoms with Crippen molar-refractivity contribution in [1.29, 1.82) is 0 Å². The first-order valence-corrected chi connectivity index (χ1v) is 6.43. The van der Waals surface area contributed by atoms with E-state index in [0.717, 1.165) is 11.1 Å². The van der Waals surface area contributed by atoms with Crippen LogP contribution in [0.4, 0.5) is 0 Å². The number of amides is 1. The van der Waals surface area contributed by atoms with Gasteiger partial charge in [0.05, 0.1) is 5.41 Å². The van der Waals surface area contributed by atoms with Crippen molar-refractivity contribution in [3.8, 4) is 0 Å². The van der Waals surface area contributed by atoms with Gasteiger partial charge in [-0.05, 0) is 38.8 Å². The number of carboxylic acid groups (broad SMARTS) is 1. The third-order valence-corrected chi connectivity index (χ3v) is 3.90. The molecule has 1 amide bonds. The van der Waals surface area contributed by atoms with Crippen LogP contribution in [0.1, 0.15) is 34.8 Å². The third kappa shape index (κ3) is 2.48. The highest BCUT2D eigenvalue weighted by Gasteiger charge is 2.42. The molecule has 1 aliphatic heterocycles. The average Bonchev–Trinajstić information content (AvgIpc) is 2.76. The number of carboxylic acids is 1. The Balaban J connectivity index is 2.22. The fourth-order valence-electron chi connectivity index (χ4n) is 2.45. The molecule has 1 atom stereocenters. The number of carbonyl (C=O) groups excluding carboxylic acids is 1. The Hall–Kier alpha value is -1.84. The third-order valence-electron chi connectivity index (χ3n) is 3.90. The van der Waals surface area contributed by atoms with E-state index in [1.165, 1.54) is 0 Å². The first-order chi connectivity index (χ1) is 8.83. The lowest BCUT2D eigenvalue weighted by Gasteiger charge is -2.21. The van der Waals surface area contributed by atoms with Crippen LogP contribution in [0.25, 0.3) is 0 Å². The van der Waals surface area contributed by atoms with Crippen molar-refractivity contribution >= 4 is 11.9 Å². The highest BCUT2D eigenvalue weighted by Crippen LogP contribution is 2.31. The molecule has 1 saturated heterocycles. The zero-order chi connectivity index (χ0) is 14.2. The number of nitrogens with zero attached hydrogens (tertiary/aromatic N) is 1. The van der Waals surface area contributed by atoms with Gasteiger partial charge in [-0.25, -0.2) is 0 Å². The summed E-state index contributed by atoms with van der Waals surface area (Å²) in [6, 6.07) is 5.76. The van der Waals surface area contributed by atoms with E-state index in [2.05, 4.69) is 0 Å². The first kappa shape index (κ1) is 13.6. The zero-order valence-corrected chi connectivity index (χ0v) is 11.6. The molecule has 0 saturated carbocycles. The summed E-state index contributed by atoms with van der Waals surface area (Å²) in [4.78, 5) is 25.3. The van der Waals surface area contributed by atoms with Gasteiger partial charge in [-0.2, -0.15) is 0 Å². The number of hydrogen-bond donors (Lipinski definition) is 1. The van der Waals surface area contributed by atoms with Gasteiger partial charge in [-0.15, -0.1) is 0 Å². The summed E-state index contributed by atoms with van der Waals surface area (Å²) in [6.45, 7) is 6.34. The Labute approximate surface area is 113 Å². The summed E-state index contributed by atoms with van der Waals surface area (Å²) < 4.78 is 0. The molecule has 4 nitrogen and oxygen atoms in total. The first-order valence-electron chi connectivity index (χ1n) is 6.43. The molecular weight excluding hydrogens is 242 g/mol.